The molecule has 3 aliphatic heterocycles. The summed E-state index contributed by atoms with van der Waals surface area (Å²) >= 11 is 0. The quantitative estimate of drug-likeness (QED) is 0.275. The smallest absolute Gasteiger partial charge is 0.210 e. The second-order valence-electron chi connectivity index (χ2n) is 4.34. The molecular weight excluding hydrogens is 212 g/mol. The Bertz CT molecular complexity index is 405. The first-order valence-corrected chi connectivity index (χ1v) is 5.11. The van der Waals surface area contributed by atoms with Crippen LogP contribution in [0.2, 0.25) is 0 Å². The van der Waals surface area contributed by atoms with E-state index in [2.05, 4.69) is 15.3 Å². The summed E-state index contributed by atoms with van der Waals surface area (Å²) in [5.74, 6) is -1.43. The summed E-state index contributed by atoms with van der Waals surface area (Å²) in [7, 11) is 0. The number of aliphatic imine (C=N–C) groups is 2. The van der Waals surface area contributed by atoms with Crippen LogP contribution >= 0.6 is 0 Å². The molecule has 8 heteroatoms. The van der Waals surface area contributed by atoms with Crippen LogP contribution in [0.15, 0.2) is 9.98 Å². The summed E-state index contributed by atoms with van der Waals surface area (Å²) in [6, 6.07) is -0.419. The Labute approximate surface area is 91.6 Å². The monoisotopic (exact) mass is 226 g/mol. The SMILES string of the molecule is NC1=N[C@H]2CN=C(N)N3CCC(O)(O)[C@]23N1. The van der Waals surface area contributed by atoms with Gasteiger partial charge in [0.15, 0.2) is 17.6 Å². The van der Waals surface area contributed by atoms with Gasteiger partial charge in [-0.1, -0.05) is 0 Å². The lowest BCUT2D eigenvalue weighted by atomic mass is 9.91. The fraction of sp³-hybridized carbons (Fsp3) is 0.750. The van der Waals surface area contributed by atoms with Crippen LogP contribution in [0.1, 0.15) is 6.42 Å². The predicted molar refractivity (Wildman–Crippen MR) is 56.3 cm³/mol. The third-order valence-electron chi connectivity index (χ3n) is 3.52. The Morgan fingerprint density at radius 3 is 2.94 bits per heavy atom. The molecule has 0 unspecified atom stereocenters. The molecule has 1 saturated heterocycles. The van der Waals surface area contributed by atoms with E-state index < -0.39 is 17.5 Å². The highest BCUT2D eigenvalue weighted by Crippen LogP contribution is 2.42. The van der Waals surface area contributed by atoms with Gasteiger partial charge >= 0.3 is 0 Å². The minimum absolute atomic E-state index is 0.176. The molecule has 0 aromatic carbocycles. The molecule has 0 saturated carbocycles. The van der Waals surface area contributed by atoms with Gasteiger partial charge in [-0.2, -0.15) is 0 Å². The van der Waals surface area contributed by atoms with E-state index in [0.717, 1.165) is 0 Å². The number of guanidine groups is 2. The molecule has 0 radical (unpaired) electrons. The molecule has 3 heterocycles. The number of nitrogens with zero attached hydrogens (tertiary/aromatic N) is 3. The highest BCUT2D eigenvalue weighted by Gasteiger charge is 2.67. The van der Waals surface area contributed by atoms with Crippen LogP contribution in [0, 0.1) is 0 Å². The topological polar surface area (TPSA) is 132 Å². The van der Waals surface area contributed by atoms with Gasteiger partial charge < -0.3 is 31.9 Å². The molecule has 88 valence electrons. The lowest BCUT2D eigenvalue weighted by Gasteiger charge is -2.46. The van der Waals surface area contributed by atoms with Crippen molar-refractivity contribution in [2.75, 3.05) is 13.1 Å². The molecule has 8 nitrogen and oxygen atoms in total. The first-order valence-electron chi connectivity index (χ1n) is 5.11. The average molecular weight is 226 g/mol. The Balaban J connectivity index is 2.12. The summed E-state index contributed by atoms with van der Waals surface area (Å²) < 4.78 is 0. The third-order valence-corrected chi connectivity index (χ3v) is 3.52. The van der Waals surface area contributed by atoms with Crippen LogP contribution in [0.4, 0.5) is 0 Å². The Kier molecular flexibility index (Phi) is 1.56. The predicted octanol–water partition coefficient (Wildman–Crippen LogP) is -3.32. The third kappa shape index (κ3) is 0.866. The van der Waals surface area contributed by atoms with Crippen molar-refractivity contribution < 1.29 is 10.2 Å². The van der Waals surface area contributed by atoms with Gasteiger partial charge in [0, 0.05) is 13.0 Å². The van der Waals surface area contributed by atoms with E-state index in [0.29, 0.717) is 19.0 Å². The summed E-state index contributed by atoms with van der Waals surface area (Å²) in [6.07, 6.45) is 0.176. The fourth-order valence-corrected chi connectivity index (χ4v) is 2.77. The molecule has 1 fully saturated rings. The van der Waals surface area contributed by atoms with Crippen molar-refractivity contribution in [3.63, 3.8) is 0 Å². The zero-order valence-corrected chi connectivity index (χ0v) is 8.59. The number of aliphatic hydroxyl groups is 2. The molecule has 0 amide bonds. The van der Waals surface area contributed by atoms with Crippen LogP contribution in [-0.2, 0) is 0 Å². The van der Waals surface area contributed by atoms with Crippen LogP contribution < -0.4 is 16.8 Å². The van der Waals surface area contributed by atoms with E-state index in [-0.39, 0.29) is 12.4 Å². The van der Waals surface area contributed by atoms with Crippen molar-refractivity contribution in [3.05, 3.63) is 0 Å². The zero-order chi connectivity index (χ0) is 11.6. The van der Waals surface area contributed by atoms with E-state index in [1.807, 2.05) is 0 Å². The van der Waals surface area contributed by atoms with Crippen LogP contribution in [0.3, 0.4) is 0 Å². The number of hydrogen-bond donors (Lipinski definition) is 5. The highest BCUT2D eigenvalue weighted by atomic mass is 16.5. The fourth-order valence-electron chi connectivity index (χ4n) is 2.77. The van der Waals surface area contributed by atoms with Crippen LogP contribution in [0.5, 0.6) is 0 Å². The molecule has 0 aromatic heterocycles. The first-order chi connectivity index (χ1) is 7.47. The Morgan fingerprint density at radius 2 is 2.19 bits per heavy atom. The second kappa shape index (κ2) is 2.58. The zero-order valence-electron chi connectivity index (χ0n) is 8.59. The largest absolute Gasteiger partial charge is 0.370 e. The molecular formula is C8H14N6O2. The molecule has 3 aliphatic rings. The lowest BCUT2D eigenvalue weighted by molar-refractivity contribution is -0.218. The van der Waals surface area contributed by atoms with E-state index in [4.69, 9.17) is 11.5 Å². The highest BCUT2D eigenvalue weighted by molar-refractivity contribution is 5.86. The second-order valence-corrected chi connectivity index (χ2v) is 4.34. The van der Waals surface area contributed by atoms with Crippen molar-refractivity contribution >= 4 is 11.9 Å². The minimum Gasteiger partial charge on any atom is -0.370 e. The summed E-state index contributed by atoms with van der Waals surface area (Å²) in [5, 5.41) is 23.0. The summed E-state index contributed by atoms with van der Waals surface area (Å²) in [5.41, 5.74) is 10.2. The summed E-state index contributed by atoms with van der Waals surface area (Å²) in [4.78, 5) is 9.87. The molecule has 3 rings (SSSR count). The van der Waals surface area contributed by atoms with Gasteiger partial charge in [-0.05, 0) is 0 Å². The van der Waals surface area contributed by atoms with Gasteiger partial charge in [0.25, 0.3) is 0 Å². The van der Waals surface area contributed by atoms with Gasteiger partial charge in [0.05, 0.1) is 6.54 Å². The van der Waals surface area contributed by atoms with Gasteiger partial charge in [-0.15, -0.1) is 0 Å². The summed E-state index contributed by atoms with van der Waals surface area (Å²) in [6.45, 7) is 0.716. The standard InChI is InChI=1S/C8H14N6O2/c9-5-12-4-3-11-6(10)14-2-1-7(15,16)8(4,14)13-5/h4,15-16H,1-3H2,(H2,10,11)(H3,9,12,13)/t4-,8-/m0/s1. The maximum atomic E-state index is 10.1. The van der Waals surface area contributed by atoms with Crippen LogP contribution in [0.25, 0.3) is 0 Å². The van der Waals surface area contributed by atoms with Crippen molar-refractivity contribution in [3.8, 4) is 0 Å². The Hall–Kier alpha value is -1.54. The van der Waals surface area contributed by atoms with Gasteiger partial charge in [0.1, 0.15) is 6.04 Å². The average Bonchev–Trinajstić information content (AvgIpc) is 2.66. The number of hydrogen-bond acceptors (Lipinski definition) is 8. The van der Waals surface area contributed by atoms with E-state index in [9.17, 15) is 10.2 Å². The van der Waals surface area contributed by atoms with Crippen molar-refractivity contribution in [2.24, 2.45) is 21.5 Å². The van der Waals surface area contributed by atoms with E-state index in [1.54, 1.807) is 4.90 Å². The Morgan fingerprint density at radius 1 is 1.44 bits per heavy atom. The molecule has 1 spiro atoms. The van der Waals surface area contributed by atoms with Gasteiger partial charge in [-0.3, -0.25) is 4.99 Å². The molecule has 2 atom stereocenters. The minimum atomic E-state index is -1.91. The lowest BCUT2D eigenvalue weighted by Crippen LogP contribution is -2.74. The van der Waals surface area contributed by atoms with Crippen molar-refractivity contribution in [1.29, 1.82) is 0 Å². The number of rotatable bonds is 0. The normalized spacial score (nSPS) is 39.6. The van der Waals surface area contributed by atoms with Crippen LogP contribution in [-0.4, -0.2) is 57.6 Å². The van der Waals surface area contributed by atoms with E-state index in [1.165, 1.54) is 0 Å². The van der Waals surface area contributed by atoms with Crippen molar-refractivity contribution in [1.82, 2.24) is 10.2 Å². The first kappa shape index (κ1) is 9.67. The molecule has 16 heavy (non-hydrogen) atoms. The molecule has 0 bridgehead atoms. The molecule has 7 N–H and O–H groups in total. The number of nitrogens with one attached hydrogen (secondary N) is 1. The molecule has 0 aliphatic carbocycles. The van der Waals surface area contributed by atoms with Gasteiger partial charge in [0.2, 0.25) is 5.79 Å². The van der Waals surface area contributed by atoms with Crippen molar-refractivity contribution in [2.45, 2.75) is 23.9 Å². The van der Waals surface area contributed by atoms with E-state index >= 15 is 0 Å². The molecule has 0 aromatic rings. The maximum Gasteiger partial charge on any atom is 0.210 e. The van der Waals surface area contributed by atoms with Gasteiger partial charge in [-0.25, -0.2) is 4.99 Å². The number of nitrogens with two attached hydrogens (primary N) is 2. The maximum absolute atomic E-state index is 10.1.